The number of hydrogen-bond acceptors (Lipinski definition) is 3. The van der Waals surface area contributed by atoms with Crippen LogP contribution in [0.5, 0.6) is 0 Å². The van der Waals surface area contributed by atoms with Gasteiger partial charge in [-0.25, -0.2) is 0 Å². The molecule has 116 valence electrons. The second-order valence-corrected chi connectivity index (χ2v) is 8.25. The van der Waals surface area contributed by atoms with Gasteiger partial charge in [-0.05, 0) is 46.5 Å². The zero-order chi connectivity index (χ0) is 15.2. The van der Waals surface area contributed by atoms with E-state index in [2.05, 4.69) is 6.92 Å². The van der Waals surface area contributed by atoms with Gasteiger partial charge in [0.25, 0.3) is 0 Å². The number of hydrogen-bond donors (Lipinski definition) is 1. The van der Waals surface area contributed by atoms with Crippen molar-refractivity contribution in [3.63, 3.8) is 0 Å². The number of ether oxygens (including phenoxy) is 1. The third-order valence-corrected chi connectivity index (χ3v) is 6.63. The Morgan fingerprint density at radius 1 is 1.00 bits per heavy atom. The van der Waals surface area contributed by atoms with E-state index in [1.807, 2.05) is 34.6 Å². The highest BCUT2D eigenvalue weighted by Crippen LogP contribution is 2.58. The maximum absolute atomic E-state index is 12.2. The third kappa shape index (κ3) is 5.95. The molecule has 0 amide bonds. The summed E-state index contributed by atoms with van der Waals surface area (Å²) in [5.74, 6) is 0. The van der Waals surface area contributed by atoms with Crippen LogP contribution >= 0.6 is 7.60 Å². The summed E-state index contributed by atoms with van der Waals surface area (Å²) in [4.78, 5) is 10.0. The van der Waals surface area contributed by atoms with Gasteiger partial charge in [0.2, 0.25) is 0 Å². The Morgan fingerprint density at radius 2 is 1.53 bits per heavy atom. The molecule has 0 aliphatic heterocycles. The van der Waals surface area contributed by atoms with Crippen molar-refractivity contribution in [2.75, 3.05) is 13.2 Å². The normalized spacial score (nSPS) is 16.4. The topological polar surface area (TPSA) is 55.8 Å². The Morgan fingerprint density at radius 3 is 1.95 bits per heavy atom. The average molecular weight is 294 g/mol. The van der Waals surface area contributed by atoms with Crippen LogP contribution in [0.1, 0.15) is 67.2 Å². The molecule has 5 heteroatoms. The second kappa shape index (κ2) is 7.78. The van der Waals surface area contributed by atoms with Crippen LogP contribution in [0.4, 0.5) is 0 Å². The Kier molecular flexibility index (Phi) is 7.82. The highest BCUT2D eigenvalue weighted by atomic mass is 31.2. The van der Waals surface area contributed by atoms with Crippen LogP contribution in [0.2, 0.25) is 0 Å². The first-order valence-corrected chi connectivity index (χ1v) is 8.83. The highest BCUT2D eigenvalue weighted by molar-refractivity contribution is 7.54. The van der Waals surface area contributed by atoms with Crippen molar-refractivity contribution < 1.29 is 18.7 Å². The van der Waals surface area contributed by atoms with Gasteiger partial charge >= 0.3 is 7.60 Å². The molecule has 0 radical (unpaired) electrons. The van der Waals surface area contributed by atoms with E-state index in [-0.39, 0.29) is 12.2 Å². The lowest BCUT2D eigenvalue weighted by atomic mass is 10.1. The minimum Gasteiger partial charge on any atom is -0.375 e. The molecule has 19 heavy (non-hydrogen) atoms. The highest BCUT2D eigenvalue weighted by Gasteiger charge is 2.41. The largest absolute Gasteiger partial charge is 0.375 e. The summed E-state index contributed by atoms with van der Waals surface area (Å²) in [6, 6.07) is 0. The van der Waals surface area contributed by atoms with Crippen LogP contribution in [0.25, 0.3) is 0 Å². The first-order valence-electron chi connectivity index (χ1n) is 7.25. The Balaban J connectivity index is 4.11. The molecule has 1 N–H and O–H groups in total. The van der Waals surface area contributed by atoms with Crippen molar-refractivity contribution in [3.8, 4) is 0 Å². The van der Waals surface area contributed by atoms with Crippen molar-refractivity contribution in [2.45, 2.75) is 78.0 Å². The SMILES string of the molecule is CCC(C)(C)OCCCOP(=O)(O)C(C)(CC)CC. The molecule has 1 unspecified atom stereocenters. The molecule has 0 aliphatic rings. The van der Waals surface area contributed by atoms with Crippen LogP contribution < -0.4 is 0 Å². The van der Waals surface area contributed by atoms with E-state index in [9.17, 15) is 9.46 Å². The molecule has 0 aliphatic carbocycles. The van der Waals surface area contributed by atoms with Gasteiger partial charge in [0.05, 0.1) is 17.4 Å². The fourth-order valence-corrected chi connectivity index (χ4v) is 2.99. The lowest BCUT2D eigenvalue weighted by Gasteiger charge is -2.31. The van der Waals surface area contributed by atoms with Gasteiger partial charge in [0.15, 0.2) is 0 Å². The lowest BCUT2D eigenvalue weighted by Crippen LogP contribution is -2.25. The summed E-state index contributed by atoms with van der Waals surface area (Å²) in [6.07, 6.45) is 2.85. The van der Waals surface area contributed by atoms with E-state index >= 15 is 0 Å². The van der Waals surface area contributed by atoms with Gasteiger partial charge in [0, 0.05) is 6.61 Å². The van der Waals surface area contributed by atoms with Crippen molar-refractivity contribution in [1.82, 2.24) is 0 Å². The first-order chi connectivity index (χ1) is 8.64. The zero-order valence-corrected chi connectivity index (χ0v) is 14.3. The fourth-order valence-electron chi connectivity index (χ4n) is 1.50. The Labute approximate surface area is 118 Å². The molecule has 0 saturated heterocycles. The second-order valence-electron chi connectivity index (χ2n) is 5.87. The quantitative estimate of drug-likeness (QED) is 0.480. The summed E-state index contributed by atoms with van der Waals surface area (Å²) >= 11 is 0. The van der Waals surface area contributed by atoms with Gasteiger partial charge in [-0.2, -0.15) is 0 Å². The minimum atomic E-state index is -3.56. The summed E-state index contributed by atoms with van der Waals surface area (Å²) in [5, 5.41) is -0.642. The van der Waals surface area contributed by atoms with Gasteiger partial charge < -0.3 is 14.2 Å². The molecule has 0 heterocycles. The van der Waals surface area contributed by atoms with Crippen molar-refractivity contribution in [1.29, 1.82) is 0 Å². The van der Waals surface area contributed by atoms with Gasteiger partial charge in [-0.15, -0.1) is 0 Å². The molecule has 0 bridgehead atoms. The summed E-state index contributed by atoms with van der Waals surface area (Å²) in [7, 11) is -3.56. The first kappa shape index (κ1) is 19.1. The molecule has 1 atom stereocenters. The van der Waals surface area contributed by atoms with Gasteiger partial charge in [0.1, 0.15) is 0 Å². The van der Waals surface area contributed by atoms with E-state index in [0.717, 1.165) is 6.42 Å². The van der Waals surface area contributed by atoms with Crippen molar-refractivity contribution >= 4 is 7.60 Å². The summed E-state index contributed by atoms with van der Waals surface area (Å²) < 4.78 is 23.1. The van der Waals surface area contributed by atoms with E-state index in [1.165, 1.54) is 0 Å². The standard InChI is InChI=1S/C14H31O4P/c1-7-13(4,5)17-11-10-12-18-19(15,16)14(6,8-2)9-3/h7-12H2,1-6H3,(H,15,16). The molecular formula is C14H31O4P. The fraction of sp³-hybridized carbons (Fsp3) is 1.00. The molecule has 0 fully saturated rings. The molecule has 0 saturated carbocycles. The number of rotatable bonds is 10. The Bertz CT molecular complexity index is 298. The van der Waals surface area contributed by atoms with Crippen LogP contribution in [0.3, 0.4) is 0 Å². The predicted octanol–water partition coefficient (Wildman–Crippen LogP) is 4.36. The van der Waals surface area contributed by atoms with Crippen molar-refractivity contribution in [3.05, 3.63) is 0 Å². The van der Waals surface area contributed by atoms with E-state index < -0.39 is 12.8 Å². The van der Waals surface area contributed by atoms with Gasteiger partial charge in [-0.3, -0.25) is 4.57 Å². The minimum absolute atomic E-state index is 0.135. The maximum Gasteiger partial charge on any atom is 0.333 e. The smallest absolute Gasteiger partial charge is 0.333 e. The molecular weight excluding hydrogens is 263 g/mol. The lowest BCUT2D eigenvalue weighted by molar-refractivity contribution is -0.0245. The van der Waals surface area contributed by atoms with Crippen LogP contribution in [0, 0.1) is 0 Å². The molecule has 0 aromatic rings. The molecule has 4 nitrogen and oxygen atoms in total. The molecule has 0 aromatic heterocycles. The van der Waals surface area contributed by atoms with Crippen LogP contribution in [-0.4, -0.2) is 28.9 Å². The van der Waals surface area contributed by atoms with E-state index in [0.29, 0.717) is 25.9 Å². The van der Waals surface area contributed by atoms with E-state index in [1.54, 1.807) is 0 Å². The van der Waals surface area contributed by atoms with Gasteiger partial charge in [-0.1, -0.05) is 20.8 Å². The Hall–Kier alpha value is 0.110. The van der Waals surface area contributed by atoms with Crippen molar-refractivity contribution in [2.24, 2.45) is 0 Å². The van der Waals surface area contributed by atoms with Crippen LogP contribution in [0.15, 0.2) is 0 Å². The molecule has 0 rings (SSSR count). The zero-order valence-electron chi connectivity index (χ0n) is 13.4. The summed E-state index contributed by atoms with van der Waals surface area (Å²) in [5.41, 5.74) is -0.135. The summed E-state index contributed by atoms with van der Waals surface area (Å²) in [6.45, 7) is 12.6. The van der Waals surface area contributed by atoms with Crippen LogP contribution in [-0.2, 0) is 13.8 Å². The maximum atomic E-state index is 12.2. The molecule has 0 aromatic carbocycles. The van der Waals surface area contributed by atoms with E-state index in [4.69, 9.17) is 9.26 Å². The third-order valence-electron chi connectivity index (χ3n) is 4.10. The predicted molar refractivity (Wildman–Crippen MR) is 79.7 cm³/mol. The molecule has 0 spiro atoms. The average Bonchev–Trinajstić information content (AvgIpc) is 2.36. The monoisotopic (exact) mass is 294 g/mol.